The van der Waals surface area contributed by atoms with Crippen LogP contribution in [0.1, 0.15) is 44.1 Å². The Morgan fingerprint density at radius 2 is 2.28 bits per heavy atom. The molecule has 0 spiro atoms. The van der Waals surface area contributed by atoms with Crippen LogP contribution in [0.2, 0.25) is 0 Å². The Hall–Kier alpha value is -1.49. The molecule has 0 amide bonds. The quantitative estimate of drug-likeness (QED) is 0.787. The zero-order chi connectivity index (χ0) is 12.6. The first-order valence-corrected chi connectivity index (χ1v) is 6.85. The predicted molar refractivity (Wildman–Crippen MR) is 70.4 cm³/mol. The van der Waals surface area contributed by atoms with Crippen molar-refractivity contribution in [2.75, 3.05) is 6.61 Å². The van der Waals surface area contributed by atoms with Crippen molar-refractivity contribution in [2.24, 2.45) is 11.3 Å². The lowest BCUT2D eigenvalue weighted by atomic mass is 9.77. The van der Waals surface area contributed by atoms with Crippen molar-refractivity contribution < 1.29 is 4.74 Å². The molecule has 0 radical (unpaired) electrons. The monoisotopic (exact) mass is 241 g/mol. The molecule has 1 aliphatic carbocycles. The van der Waals surface area contributed by atoms with Crippen molar-refractivity contribution in [3.63, 3.8) is 0 Å². The third-order valence-corrected chi connectivity index (χ3v) is 4.53. The lowest BCUT2D eigenvalue weighted by Crippen LogP contribution is -2.19. The minimum absolute atomic E-state index is 0.106. The number of nitriles is 1. The van der Waals surface area contributed by atoms with Crippen LogP contribution in [0.25, 0.3) is 0 Å². The van der Waals surface area contributed by atoms with E-state index in [-0.39, 0.29) is 5.41 Å². The van der Waals surface area contributed by atoms with Crippen LogP contribution in [0.4, 0.5) is 0 Å². The number of ether oxygens (including phenoxy) is 1. The van der Waals surface area contributed by atoms with Gasteiger partial charge in [0.05, 0.1) is 18.1 Å². The van der Waals surface area contributed by atoms with Crippen LogP contribution < -0.4 is 4.74 Å². The SMILES string of the molecule is CC1CCC(C#N)(CC2COc3ccccc32)C1. The highest BCUT2D eigenvalue weighted by Gasteiger charge is 2.41. The molecule has 1 aromatic rings. The molecule has 18 heavy (non-hydrogen) atoms. The molecule has 3 unspecified atom stereocenters. The Morgan fingerprint density at radius 3 is 3.00 bits per heavy atom. The summed E-state index contributed by atoms with van der Waals surface area (Å²) in [5.41, 5.74) is 1.19. The van der Waals surface area contributed by atoms with E-state index in [1.807, 2.05) is 12.1 Å². The fourth-order valence-corrected chi connectivity index (χ4v) is 3.60. The van der Waals surface area contributed by atoms with Gasteiger partial charge in [-0.3, -0.25) is 0 Å². The van der Waals surface area contributed by atoms with E-state index in [0.29, 0.717) is 11.8 Å². The Bertz CT molecular complexity index is 490. The van der Waals surface area contributed by atoms with Crippen LogP contribution in [0, 0.1) is 22.7 Å². The first-order chi connectivity index (χ1) is 8.72. The summed E-state index contributed by atoms with van der Waals surface area (Å²) >= 11 is 0. The zero-order valence-corrected chi connectivity index (χ0v) is 10.9. The van der Waals surface area contributed by atoms with E-state index < -0.39 is 0 Å². The second kappa shape index (κ2) is 4.31. The van der Waals surface area contributed by atoms with E-state index in [1.165, 1.54) is 12.0 Å². The first-order valence-electron chi connectivity index (χ1n) is 6.85. The number of para-hydroxylation sites is 1. The minimum atomic E-state index is -0.106. The lowest BCUT2D eigenvalue weighted by molar-refractivity contribution is 0.273. The number of fused-ring (bicyclic) bond motifs is 1. The normalized spacial score (nSPS) is 33.8. The van der Waals surface area contributed by atoms with Crippen molar-refractivity contribution >= 4 is 0 Å². The lowest BCUT2D eigenvalue weighted by Gasteiger charge is -2.24. The molecule has 0 bridgehead atoms. The molecule has 0 aromatic heterocycles. The molecule has 1 heterocycles. The summed E-state index contributed by atoms with van der Waals surface area (Å²) in [6, 6.07) is 10.9. The van der Waals surface area contributed by atoms with Gasteiger partial charge in [-0.25, -0.2) is 0 Å². The zero-order valence-electron chi connectivity index (χ0n) is 10.9. The maximum atomic E-state index is 9.55. The van der Waals surface area contributed by atoms with Gasteiger partial charge in [0.15, 0.2) is 0 Å². The fourth-order valence-electron chi connectivity index (χ4n) is 3.60. The van der Waals surface area contributed by atoms with Crippen LogP contribution >= 0.6 is 0 Å². The average molecular weight is 241 g/mol. The molecular weight excluding hydrogens is 222 g/mol. The molecule has 1 saturated carbocycles. The highest BCUT2D eigenvalue weighted by atomic mass is 16.5. The van der Waals surface area contributed by atoms with E-state index in [2.05, 4.69) is 25.1 Å². The molecule has 3 rings (SSSR count). The third-order valence-electron chi connectivity index (χ3n) is 4.53. The molecule has 2 heteroatoms. The second-order valence-electron chi connectivity index (χ2n) is 5.99. The van der Waals surface area contributed by atoms with Gasteiger partial charge in [0, 0.05) is 11.5 Å². The van der Waals surface area contributed by atoms with E-state index in [9.17, 15) is 5.26 Å². The number of hydrogen-bond donors (Lipinski definition) is 0. The Labute approximate surface area is 109 Å². The topological polar surface area (TPSA) is 33.0 Å². The molecule has 94 valence electrons. The summed E-state index contributed by atoms with van der Waals surface area (Å²) in [5.74, 6) is 2.12. The Kier molecular flexibility index (Phi) is 2.78. The van der Waals surface area contributed by atoms with Crippen LogP contribution in [0.5, 0.6) is 5.75 Å². The molecule has 2 aliphatic rings. The van der Waals surface area contributed by atoms with E-state index >= 15 is 0 Å². The van der Waals surface area contributed by atoms with Gasteiger partial charge in [0.1, 0.15) is 5.75 Å². The summed E-state index contributed by atoms with van der Waals surface area (Å²) in [5, 5.41) is 9.55. The maximum Gasteiger partial charge on any atom is 0.122 e. The van der Waals surface area contributed by atoms with Crippen molar-refractivity contribution in [1.29, 1.82) is 5.26 Å². The number of hydrogen-bond acceptors (Lipinski definition) is 2. The smallest absolute Gasteiger partial charge is 0.122 e. The molecule has 0 saturated heterocycles. The van der Waals surface area contributed by atoms with Gasteiger partial charge < -0.3 is 4.74 Å². The number of nitrogens with zero attached hydrogens (tertiary/aromatic N) is 1. The van der Waals surface area contributed by atoms with Gasteiger partial charge in [-0.1, -0.05) is 25.1 Å². The predicted octanol–water partition coefficient (Wildman–Crippen LogP) is 3.88. The minimum Gasteiger partial charge on any atom is -0.493 e. The van der Waals surface area contributed by atoms with Crippen molar-refractivity contribution in [3.8, 4) is 11.8 Å². The highest BCUT2D eigenvalue weighted by molar-refractivity contribution is 5.40. The van der Waals surface area contributed by atoms with E-state index in [1.54, 1.807) is 0 Å². The molecule has 0 N–H and O–H groups in total. The molecule has 1 aromatic carbocycles. The summed E-state index contributed by atoms with van der Waals surface area (Å²) in [7, 11) is 0. The van der Waals surface area contributed by atoms with Crippen molar-refractivity contribution in [2.45, 2.75) is 38.5 Å². The highest BCUT2D eigenvalue weighted by Crippen LogP contribution is 2.49. The molecule has 1 fully saturated rings. The average Bonchev–Trinajstić information content (AvgIpc) is 2.96. The molecule has 1 aliphatic heterocycles. The largest absolute Gasteiger partial charge is 0.493 e. The van der Waals surface area contributed by atoms with Crippen molar-refractivity contribution in [3.05, 3.63) is 29.8 Å². The van der Waals surface area contributed by atoms with Gasteiger partial charge in [-0.05, 0) is 37.7 Å². The summed E-state index contributed by atoms with van der Waals surface area (Å²) in [4.78, 5) is 0. The summed E-state index contributed by atoms with van der Waals surface area (Å²) < 4.78 is 5.73. The van der Waals surface area contributed by atoms with Crippen molar-refractivity contribution in [1.82, 2.24) is 0 Å². The van der Waals surface area contributed by atoms with Gasteiger partial charge in [-0.15, -0.1) is 0 Å². The summed E-state index contributed by atoms with van der Waals surface area (Å²) in [6.45, 7) is 3.01. The fraction of sp³-hybridized carbons (Fsp3) is 0.562. The van der Waals surface area contributed by atoms with Crippen LogP contribution in [0.3, 0.4) is 0 Å². The number of rotatable bonds is 2. The third kappa shape index (κ3) is 1.88. The second-order valence-corrected chi connectivity index (χ2v) is 5.99. The Morgan fingerprint density at radius 1 is 1.44 bits per heavy atom. The molecular formula is C16H19NO. The van der Waals surface area contributed by atoms with Gasteiger partial charge in [0.25, 0.3) is 0 Å². The van der Waals surface area contributed by atoms with Crippen LogP contribution in [-0.2, 0) is 0 Å². The van der Waals surface area contributed by atoms with E-state index in [4.69, 9.17) is 4.74 Å². The number of benzene rings is 1. The summed E-state index contributed by atoms with van der Waals surface area (Å²) in [6.07, 6.45) is 4.28. The standard InChI is InChI=1S/C16H19NO/c1-12-6-7-16(8-12,11-17)9-13-10-18-15-5-3-2-4-14(13)15/h2-5,12-13H,6-10H2,1H3. The maximum absolute atomic E-state index is 9.55. The van der Waals surface area contributed by atoms with E-state index in [0.717, 1.165) is 31.6 Å². The molecule has 2 nitrogen and oxygen atoms in total. The molecule has 3 atom stereocenters. The Balaban J connectivity index is 1.80. The van der Waals surface area contributed by atoms with Crippen LogP contribution in [0.15, 0.2) is 24.3 Å². The van der Waals surface area contributed by atoms with Gasteiger partial charge in [-0.2, -0.15) is 5.26 Å². The van der Waals surface area contributed by atoms with Gasteiger partial charge >= 0.3 is 0 Å². The van der Waals surface area contributed by atoms with Gasteiger partial charge in [0.2, 0.25) is 0 Å². The van der Waals surface area contributed by atoms with Crippen LogP contribution in [-0.4, -0.2) is 6.61 Å². The first kappa shape index (κ1) is 11.6.